The van der Waals surface area contributed by atoms with Gasteiger partial charge in [0.15, 0.2) is 5.84 Å². The van der Waals surface area contributed by atoms with E-state index in [1.807, 2.05) is 13.8 Å². The number of alkyl halides is 3. The molecule has 2 rings (SSSR count). The highest BCUT2D eigenvalue weighted by Crippen LogP contribution is 2.40. The number of allylic oxidation sites excluding steroid dienone is 1. The normalized spacial score (nSPS) is 15.3. The second-order valence-corrected chi connectivity index (χ2v) is 7.62. The number of nitrogens with zero attached hydrogens (tertiary/aromatic N) is 4. The van der Waals surface area contributed by atoms with Crippen LogP contribution >= 0.6 is 0 Å². The van der Waals surface area contributed by atoms with Crippen LogP contribution in [0.4, 0.5) is 13.2 Å². The van der Waals surface area contributed by atoms with E-state index >= 15 is 0 Å². The van der Waals surface area contributed by atoms with Crippen molar-refractivity contribution in [2.45, 2.75) is 44.9 Å². The number of amidine groups is 1. The fourth-order valence-electron chi connectivity index (χ4n) is 2.81. The van der Waals surface area contributed by atoms with Crippen LogP contribution in [0.5, 0.6) is 0 Å². The van der Waals surface area contributed by atoms with Crippen molar-refractivity contribution in [3.05, 3.63) is 65.0 Å². The van der Waals surface area contributed by atoms with E-state index < -0.39 is 11.9 Å². The zero-order valence-electron chi connectivity index (χ0n) is 19.1. The zero-order chi connectivity index (χ0) is 25.3. The summed E-state index contributed by atoms with van der Waals surface area (Å²) >= 11 is 0. The minimum atomic E-state index is -4.61. The predicted molar refractivity (Wildman–Crippen MR) is 128 cm³/mol. The number of aliphatic imine (C=N–C) groups is 3. The largest absolute Gasteiger partial charge is 0.491 e. The summed E-state index contributed by atoms with van der Waals surface area (Å²) in [6.07, 6.45) is 2.39. The number of aromatic nitrogens is 1. The van der Waals surface area contributed by atoms with Crippen LogP contribution in [-0.2, 0) is 10.9 Å². The van der Waals surface area contributed by atoms with Gasteiger partial charge in [-0.2, -0.15) is 13.2 Å². The lowest BCUT2D eigenvalue weighted by Crippen LogP contribution is -2.13. The van der Waals surface area contributed by atoms with E-state index in [1.165, 1.54) is 31.0 Å². The van der Waals surface area contributed by atoms with Gasteiger partial charge < -0.3 is 15.8 Å². The van der Waals surface area contributed by atoms with Gasteiger partial charge in [-0.05, 0) is 45.5 Å². The molecule has 1 aromatic heterocycles. The van der Waals surface area contributed by atoms with Gasteiger partial charge in [-0.15, -0.1) is 0 Å². The van der Waals surface area contributed by atoms with E-state index in [-0.39, 0.29) is 30.1 Å². The molecule has 0 aromatic carbocycles. The summed E-state index contributed by atoms with van der Waals surface area (Å²) in [4.78, 5) is 15.4. The third kappa shape index (κ3) is 8.07. The van der Waals surface area contributed by atoms with Crippen LogP contribution in [0.15, 0.2) is 63.0 Å². The molecule has 0 unspecified atom stereocenters. The Hall–Kier alpha value is -3.60. The maximum Gasteiger partial charge on any atom is 0.433 e. The number of nitrogens with two attached hydrogens (primary N) is 1. The van der Waals surface area contributed by atoms with Crippen molar-refractivity contribution in [1.29, 1.82) is 5.41 Å². The van der Waals surface area contributed by atoms with E-state index in [2.05, 4.69) is 38.6 Å². The summed E-state index contributed by atoms with van der Waals surface area (Å²) in [7, 11) is 0. The maximum absolute atomic E-state index is 13.2. The van der Waals surface area contributed by atoms with Crippen LogP contribution in [0.1, 0.15) is 49.6 Å². The third-order valence-electron chi connectivity index (χ3n) is 4.46. The van der Waals surface area contributed by atoms with E-state index in [9.17, 15) is 13.2 Å². The molecule has 0 spiro atoms. The Bertz CT molecular complexity index is 1040. The SMILES string of the molecule is C=N/C=C(\C=N/CN)C(=C\N/C=N\C(=N)c1cc(C2CC2)nc(C(F)(F)F)c1)/C(=C)OC(C)C. The lowest BCUT2D eigenvalue weighted by molar-refractivity contribution is -0.141. The maximum atomic E-state index is 13.2. The van der Waals surface area contributed by atoms with Crippen molar-refractivity contribution in [3.8, 4) is 0 Å². The van der Waals surface area contributed by atoms with Crippen LogP contribution < -0.4 is 11.1 Å². The molecule has 34 heavy (non-hydrogen) atoms. The van der Waals surface area contributed by atoms with Gasteiger partial charge in [0.05, 0.1) is 19.1 Å². The summed E-state index contributed by atoms with van der Waals surface area (Å²) in [5.74, 6) is -0.0441. The van der Waals surface area contributed by atoms with Crippen molar-refractivity contribution >= 4 is 25.1 Å². The van der Waals surface area contributed by atoms with E-state index in [1.54, 1.807) is 0 Å². The Morgan fingerprint density at radius 1 is 1.38 bits per heavy atom. The first-order chi connectivity index (χ1) is 16.1. The lowest BCUT2D eigenvalue weighted by Gasteiger charge is -2.16. The second kappa shape index (κ2) is 12.0. The van der Waals surface area contributed by atoms with Crippen LogP contribution in [0.3, 0.4) is 0 Å². The molecule has 4 N–H and O–H groups in total. The molecule has 0 atom stereocenters. The molecule has 1 heterocycles. The van der Waals surface area contributed by atoms with Crippen molar-refractivity contribution in [2.24, 2.45) is 20.7 Å². The summed E-state index contributed by atoms with van der Waals surface area (Å²) < 4.78 is 45.4. The topological polar surface area (TPSA) is 121 Å². The fraction of sp³-hybridized carbons (Fsp3) is 0.348. The first-order valence-corrected chi connectivity index (χ1v) is 10.5. The first kappa shape index (κ1) is 26.7. The molecule has 0 radical (unpaired) electrons. The smallest absolute Gasteiger partial charge is 0.433 e. The Balaban J connectivity index is 2.26. The molecule has 0 amide bonds. The zero-order valence-corrected chi connectivity index (χ0v) is 19.1. The van der Waals surface area contributed by atoms with Crippen LogP contribution in [-0.4, -0.2) is 42.9 Å². The van der Waals surface area contributed by atoms with Gasteiger partial charge in [-0.1, -0.05) is 6.58 Å². The summed E-state index contributed by atoms with van der Waals surface area (Å²) in [5.41, 5.74) is 5.73. The molecule has 0 saturated heterocycles. The van der Waals surface area contributed by atoms with Gasteiger partial charge in [0.1, 0.15) is 11.5 Å². The van der Waals surface area contributed by atoms with Crippen molar-refractivity contribution in [2.75, 3.05) is 6.67 Å². The number of pyridine rings is 1. The van der Waals surface area contributed by atoms with Gasteiger partial charge in [0, 0.05) is 46.9 Å². The number of hydrogen-bond acceptors (Lipinski definition) is 6. The first-order valence-electron chi connectivity index (χ1n) is 10.5. The monoisotopic (exact) mass is 475 g/mol. The molecule has 1 aliphatic carbocycles. The van der Waals surface area contributed by atoms with Gasteiger partial charge in [0.2, 0.25) is 0 Å². The predicted octanol–water partition coefficient (Wildman–Crippen LogP) is 4.32. The fourth-order valence-corrected chi connectivity index (χ4v) is 2.81. The quantitative estimate of drug-likeness (QED) is 0.191. The Kier molecular flexibility index (Phi) is 9.43. The van der Waals surface area contributed by atoms with Crippen LogP contribution in [0, 0.1) is 5.41 Å². The second-order valence-electron chi connectivity index (χ2n) is 7.62. The number of nitrogens with one attached hydrogen (secondary N) is 2. The van der Waals surface area contributed by atoms with Crippen LogP contribution in [0.25, 0.3) is 0 Å². The average Bonchev–Trinajstić information content (AvgIpc) is 3.61. The molecule has 1 aromatic rings. The Labute approximate surface area is 196 Å². The summed E-state index contributed by atoms with van der Waals surface area (Å²) in [6, 6.07) is 2.30. The molecule has 0 aliphatic heterocycles. The molecule has 8 nitrogen and oxygen atoms in total. The van der Waals surface area contributed by atoms with Gasteiger partial charge in [0.25, 0.3) is 0 Å². The highest BCUT2D eigenvalue weighted by Gasteiger charge is 2.35. The highest BCUT2D eigenvalue weighted by molar-refractivity contribution is 6.01. The summed E-state index contributed by atoms with van der Waals surface area (Å²) in [5, 5.41) is 10.9. The van der Waals surface area contributed by atoms with Crippen molar-refractivity contribution < 1.29 is 17.9 Å². The van der Waals surface area contributed by atoms with Gasteiger partial charge in [-0.3, -0.25) is 15.4 Å². The molecule has 1 saturated carbocycles. The van der Waals surface area contributed by atoms with Crippen LogP contribution in [0.2, 0.25) is 0 Å². The minimum Gasteiger partial charge on any atom is -0.491 e. The van der Waals surface area contributed by atoms with E-state index in [4.69, 9.17) is 15.9 Å². The Morgan fingerprint density at radius 3 is 2.65 bits per heavy atom. The third-order valence-corrected chi connectivity index (χ3v) is 4.46. The molecule has 11 heteroatoms. The van der Waals surface area contributed by atoms with E-state index in [0.717, 1.165) is 18.9 Å². The number of hydrogen-bond donors (Lipinski definition) is 3. The molecule has 182 valence electrons. The van der Waals surface area contributed by atoms with Gasteiger partial charge in [-0.25, -0.2) is 9.98 Å². The lowest BCUT2D eigenvalue weighted by atomic mass is 10.1. The minimum absolute atomic E-state index is 0.00715. The highest BCUT2D eigenvalue weighted by atomic mass is 19.4. The molecular weight excluding hydrogens is 447 g/mol. The number of halogens is 3. The molecule has 1 fully saturated rings. The molecule has 1 aliphatic rings. The summed E-state index contributed by atoms with van der Waals surface area (Å²) in [6.45, 7) is 11.1. The molecular formula is C23H28F3N7O. The number of ether oxygens (including phenoxy) is 1. The van der Waals surface area contributed by atoms with E-state index in [0.29, 0.717) is 22.6 Å². The van der Waals surface area contributed by atoms with Crippen molar-refractivity contribution in [3.63, 3.8) is 0 Å². The standard InChI is InChI=1S/C23H28F3N7O/c1-14(2)34-15(3)19(18(9-29-4)10-30-12-27)11-31-13-32-22(28)17-7-20(16-5-6-16)33-21(8-17)23(24,25)26/h7-11,13-14,16H,3-6,12,27H2,1-2H3,(H2,28,31,32)/b18-9+,19-11-,30-10-. The average molecular weight is 476 g/mol. The van der Waals surface area contributed by atoms with Crippen molar-refractivity contribution in [1.82, 2.24) is 10.3 Å². The van der Waals surface area contributed by atoms with Gasteiger partial charge >= 0.3 is 6.18 Å². The Morgan fingerprint density at radius 2 is 2.09 bits per heavy atom. The molecule has 0 bridgehead atoms. The number of rotatable bonds is 11.